The van der Waals surface area contributed by atoms with Crippen LogP contribution in [0.4, 0.5) is 4.79 Å². The average Bonchev–Trinajstić information content (AvgIpc) is 2.36. The normalized spacial score (nSPS) is 18.7. The summed E-state index contributed by atoms with van der Waals surface area (Å²) in [5.41, 5.74) is 0.0156. The van der Waals surface area contributed by atoms with Crippen LogP contribution in [-0.4, -0.2) is 49.8 Å². The first-order chi connectivity index (χ1) is 8.49. The molecule has 1 amide bonds. The molecule has 1 aliphatic rings. The van der Waals surface area contributed by atoms with Gasteiger partial charge in [0.2, 0.25) is 0 Å². The maximum absolute atomic E-state index is 11.5. The molecule has 0 unspecified atom stereocenters. The van der Waals surface area contributed by atoms with Crippen molar-refractivity contribution >= 4 is 18.0 Å². The Balaban J connectivity index is 2.94. The van der Waals surface area contributed by atoms with Gasteiger partial charge in [-0.3, -0.25) is 9.69 Å². The third-order valence-electron chi connectivity index (χ3n) is 2.38. The van der Waals surface area contributed by atoms with E-state index in [9.17, 15) is 14.4 Å². The molecule has 7 heteroatoms. The van der Waals surface area contributed by atoms with Crippen LogP contribution in [0.15, 0.2) is 11.8 Å². The lowest BCUT2D eigenvalue weighted by molar-refractivity contribution is -0.146. The number of nitrogens with zero attached hydrogens (tertiary/aromatic N) is 1. The lowest BCUT2D eigenvalue weighted by Crippen LogP contribution is -2.40. The molecule has 1 atom stereocenters. The summed E-state index contributed by atoms with van der Waals surface area (Å²) in [5, 5.41) is 0. The second kappa shape index (κ2) is 6.04. The first-order valence-electron chi connectivity index (χ1n) is 5.32. The number of amides is 1. The molecule has 0 aliphatic carbocycles. The van der Waals surface area contributed by atoms with Gasteiger partial charge in [-0.2, -0.15) is 0 Å². The molecule has 0 spiro atoms. The standard InChI is InChI=1S/C11H15NO6/c1-7(13)18-8-4-5-12(11(15)17-3)9(6-8)10(14)16-2/h6,8H,4-5H2,1-3H3/t8-/m1/s1. The number of esters is 2. The van der Waals surface area contributed by atoms with Crippen LogP contribution in [-0.2, 0) is 23.8 Å². The van der Waals surface area contributed by atoms with E-state index in [1.54, 1.807) is 0 Å². The predicted octanol–water partition coefficient (Wildman–Crippen LogP) is 0.447. The SMILES string of the molecule is COC(=O)C1=C[C@H](OC(C)=O)CCN1C(=O)OC. The minimum absolute atomic E-state index is 0.0156. The lowest BCUT2D eigenvalue weighted by atomic mass is 10.1. The number of rotatable bonds is 2. The number of carbonyl (C=O) groups excluding carboxylic acids is 3. The number of hydrogen-bond donors (Lipinski definition) is 0. The van der Waals surface area contributed by atoms with Gasteiger partial charge in [0.1, 0.15) is 11.8 Å². The molecule has 0 aromatic heterocycles. The van der Waals surface area contributed by atoms with Crippen LogP contribution in [0, 0.1) is 0 Å². The van der Waals surface area contributed by atoms with E-state index in [0.29, 0.717) is 6.42 Å². The van der Waals surface area contributed by atoms with E-state index in [-0.39, 0.29) is 12.2 Å². The number of ether oxygens (including phenoxy) is 3. The van der Waals surface area contributed by atoms with Gasteiger partial charge in [-0.25, -0.2) is 9.59 Å². The Kier molecular flexibility index (Phi) is 4.70. The molecule has 1 aliphatic heterocycles. The van der Waals surface area contributed by atoms with Crippen molar-refractivity contribution in [1.82, 2.24) is 4.90 Å². The number of methoxy groups -OCH3 is 2. The van der Waals surface area contributed by atoms with Crippen LogP contribution in [0.1, 0.15) is 13.3 Å². The molecular weight excluding hydrogens is 242 g/mol. The minimum atomic E-state index is -0.683. The van der Waals surface area contributed by atoms with Crippen LogP contribution < -0.4 is 0 Å². The summed E-state index contributed by atoms with van der Waals surface area (Å²) in [7, 11) is 2.42. The Morgan fingerprint density at radius 1 is 1.28 bits per heavy atom. The zero-order valence-corrected chi connectivity index (χ0v) is 10.5. The highest BCUT2D eigenvalue weighted by Crippen LogP contribution is 2.19. The molecule has 0 aromatic carbocycles. The van der Waals surface area contributed by atoms with Gasteiger partial charge >= 0.3 is 18.0 Å². The van der Waals surface area contributed by atoms with E-state index in [1.165, 1.54) is 27.2 Å². The monoisotopic (exact) mass is 257 g/mol. The van der Waals surface area contributed by atoms with E-state index in [4.69, 9.17) is 4.74 Å². The second-order valence-electron chi connectivity index (χ2n) is 3.60. The Morgan fingerprint density at radius 2 is 1.94 bits per heavy atom. The molecule has 1 heterocycles. The summed E-state index contributed by atoms with van der Waals surface area (Å²) < 4.78 is 14.1. The molecule has 18 heavy (non-hydrogen) atoms. The van der Waals surface area contributed by atoms with Crippen molar-refractivity contribution in [2.24, 2.45) is 0 Å². The molecule has 0 fully saturated rings. The minimum Gasteiger partial charge on any atom is -0.464 e. The summed E-state index contributed by atoms with van der Waals surface area (Å²) >= 11 is 0. The van der Waals surface area contributed by atoms with Crippen molar-refractivity contribution in [1.29, 1.82) is 0 Å². The van der Waals surface area contributed by atoms with Crippen molar-refractivity contribution in [3.8, 4) is 0 Å². The van der Waals surface area contributed by atoms with Crippen molar-refractivity contribution in [3.63, 3.8) is 0 Å². The fraction of sp³-hybridized carbons (Fsp3) is 0.545. The largest absolute Gasteiger partial charge is 0.464 e. The molecule has 7 nitrogen and oxygen atoms in total. The zero-order valence-electron chi connectivity index (χ0n) is 10.5. The molecule has 0 aromatic rings. The summed E-state index contributed by atoms with van der Waals surface area (Å²) in [6.45, 7) is 1.49. The molecule has 0 saturated heterocycles. The fourth-order valence-electron chi connectivity index (χ4n) is 1.61. The highest BCUT2D eigenvalue weighted by atomic mass is 16.6. The van der Waals surface area contributed by atoms with Gasteiger partial charge in [0.25, 0.3) is 0 Å². The second-order valence-corrected chi connectivity index (χ2v) is 3.60. The smallest absolute Gasteiger partial charge is 0.414 e. The maximum atomic E-state index is 11.5. The van der Waals surface area contributed by atoms with Gasteiger partial charge in [0.05, 0.1) is 14.2 Å². The zero-order chi connectivity index (χ0) is 13.7. The first-order valence-corrected chi connectivity index (χ1v) is 5.32. The van der Waals surface area contributed by atoms with Gasteiger partial charge in [-0.15, -0.1) is 0 Å². The number of hydrogen-bond acceptors (Lipinski definition) is 6. The van der Waals surface area contributed by atoms with E-state index in [2.05, 4.69) is 9.47 Å². The van der Waals surface area contributed by atoms with Gasteiger partial charge in [0, 0.05) is 19.9 Å². The first kappa shape index (κ1) is 14.0. The molecule has 0 bridgehead atoms. The van der Waals surface area contributed by atoms with Crippen LogP contribution in [0.2, 0.25) is 0 Å². The van der Waals surface area contributed by atoms with Crippen LogP contribution in [0.5, 0.6) is 0 Å². The van der Waals surface area contributed by atoms with E-state index < -0.39 is 24.1 Å². The average molecular weight is 257 g/mol. The Labute approximate surface area is 104 Å². The van der Waals surface area contributed by atoms with Gasteiger partial charge in [-0.1, -0.05) is 0 Å². The summed E-state index contributed by atoms with van der Waals surface area (Å²) in [6.07, 6.45) is 0.577. The molecule has 0 radical (unpaired) electrons. The molecule has 1 rings (SSSR count). The Hall–Kier alpha value is -2.05. The maximum Gasteiger partial charge on any atom is 0.414 e. The summed E-state index contributed by atoms with van der Waals surface area (Å²) in [4.78, 5) is 35.0. The molecular formula is C11H15NO6. The highest BCUT2D eigenvalue weighted by Gasteiger charge is 2.31. The number of carbonyl (C=O) groups is 3. The van der Waals surface area contributed by atoms with Crippen LogP contribution in [0.3, 0.4) is 0 Å². The van der Waals surface area contributed by atoms with Crippen molar-refractivity contribution in [3.05, 3.63) is 11.8 Å². The lowest BCUT2D eigenvalue weighted by Gasteiger charge is -2.29. The third-order valence-corrected chi connectivity index (χ3v) is 2.38. The third kappa shape index (κ3) is 3.22. The highest BCUT2D eigenvalue weighted by molar-refractivity contribution is 5.92. The van der Waals surface area contributed by atoms with Gasteiger partial charge < -0.3 is 14.2 Å². The Morgan fingerprint density at radius 3 is 2.44 bits per heavy atom. The topological polar surface area (TPSA) is 82.1 Å². The summed E-state index contributed by atoms with van der Waals surface area (Å²) in [5.74, 6) is -1.13. The van der Waals surface area contributed by atoms with Crippen molar-refractivity contribution < 1.29 is 28.6 Å². The molecule has 0 saturated carbocycles. The fourth-order valence-corrected chi connectivity index (χ4v) is 1.61. The van der Waals surface area contributed by atoms with E-state index in [1.807, 2.05) is 0 Å². The van der Waals surface area contributed by atoms with E-state index in [0.717, 1.165) is 4.90 Å². The van der Waals surface area contributed by atoms with Crippen LogP contribution in [0.25, 0.3) is 0 Å². The van der Waals surface area contributed by atoms with Crippen LogP contribution >= 0.6 is 0 Å². The van der Waals surface area contributed by atoms with Crippen molar-refractivity contribution in [2.45, 2.75) is 19.4 Å². The van der Waals surface area contributed by atoms with Gasteiger partial charge in [-0.05, 0) is 6.08 Å². The van der Waals surface area contributed by atoms with Gasteiger partial charge in [0.15, 0.2) is 0 Å². The molecule has 0 N–H and O–H groups in total. The quantitative estimate of drug-likeness (QED) is 0.527. The Bertz CT molecular complexity index is 389. The molecule has 100 valence electrons. The predicted molar refractivity (Wildman–Crippen MR) is 59.4 cm³/mol. The van der Waals surface area contributed by atoms with Crippen molar-refractivity contribution in [2.75, 3.05) is 20.8 Å². The van der Waals surface area contributed by atoms with E-state index >= 15 is 0 Å². The summed E-state index contributed by atoms with van der Waals surface area (Å²) in [6, 6.07) is 0.